The Morgan fingerprint density at radius 3 is 2.18 bits per heavy atom. The number of allylic oxidation sites excluding steroid dienone is 1. The van der Waals surface area contributed by atoms with Gasteiger partial charge in [0.25, 0.3) is 0 Å². The number of rotatable bonds is 12. The molecule has 0 radical (unpaired) electrons. The van der Waals surface area contributed by atoms with Crippen LogP contribution in [0.4, 0.5) is 0 Å². The number of aliphatic hydroxyl groups excluding tert-OH is 1. The maximum atomic E-state index is 13.2. The number of carboxylic acids is 1. The molecule has 5 aliphatic rings. The minimum absolute atomic E-state index is 0.0356. The molecule has 280 valence electrons. The third-order valence-electron chi connectivity index (χ3n) is 16.6. The summed E-state index contributed by atoms with van der Waals surface area (Å²) in [5.41, 5.74) is 1.62. The molecule has 49 heavy (non-hydrogen) atoms. The van der Waals surface area contributed by atoms with E-state index in [1.54, 1.807) is 0 Å². The van der Waals surface area contributed by atoms with Crippen LogP contribution in [-0.4, -0.2) is 46.9 Å². The fourth-order valence-corrected chi connectivity index (χ4v) is 13.9. The van der Waals surface area contributed by atoms with Crippen molar-refractivity contribution in [1.29, 1.82) is 0 Å². The molecule has 0 saturated heterocycles. The summed E-state index contributed by atoms with van der Waals surface area (Å²) in [7, 11) is 0. The second kappa shape index (κ2) is 13.2. The summed E-state index contributed by atoms with van der Waals surface area (Å²) in [6.45, 7) is 28.6. The molecular weight excluding hydrogens is 610 g/mol. The van der Waals surface area contributed by atoms with Crippen molar-refractivity contribution in [2.45, 2.75) is 171 Å². The molecule has 0 heterocycles. The molecule has 0 aliphatic heterocycles. The normalized spacial score (nSPS) is 41.5. The molecule has 10 atom stereocenters. The molecule has 6 nitrogen and oxygen atoms in total. The third kappa shape index (κ3) is 6.70. The maximum absolute atomic E-state index is 13.2. The minimum Gasteiger partial charge on any atom is -0.481 e. The van der Waals surface area contributed by atoms with Crippen molar-refractivity contribution >= 4 is 11.9 Å². The predicted octanol–water partition coefficient (Wildman–Crippen LogP) is 9.59. The van der Waals surface area contributed by atoms with Gasteiger partial charge in [0.05, 0.1) is 19.4 Å². The zero-order chi connectivity index (χ0) is 36.4. The molecule has 0 aromatic carbocycles. The van der Waals surface area contributed by atoms with Gasteiger partial charge in [-0.05, 0) is 161 Å². The lowest BCUT2D eigenvalue weighted by Gasteiger charge is -2.73. The van der Waals surface area contributed by atoms with Gasteiger partial charge in [-0.25, -0.2) is 0 Å². The summed E-state index contributed by atoms with van der Waals surface area (Å²) in [5, 5.41) is 22.7. The highest BCUT2D eigenvalue weighted by molar-refractivity contribution is 5.73. The van der Waals surface area contributed by atoms with Crippen LogP contribution < -0.4 is 5.32 Å². The van der Waals surface area contributed by atoms with Gasteiger partial charge < -0.3 is 20.3 Å². The number of esters is 1. The van der Waals surface area contributed by atoms with E-state index in [2.05, 4.69) is 67.3 Å². The van der Waals surface area contributed by atoms with Gasteiger partial charge in [-0.3, -0.25) is 9.59 Å². The number of carboxylic acid groups (broad SMARTS) is 1. The highest BCUT2D eigenvalue weighted by Crippen LogP contribution is 2.78. The number of carbonyl (C=O) groups excluding carboxylic acids is 1. The quantitative estimate of drug-likeness (QED) is 0.108. The molecule has 5 saturated carbocycles. The van der Waals surface area contributed by atoms with Gasteiger partial charge in [-0.2, -0.15) is 0 Å². The minimum atomic E-state index is -0.873. The van der Waals surface area contributed by atoms with E-state index in [9.17, 15) is 19.8 Å². The number of hydrogen-bond donors (Lipinski definition) is 3. The van der Waals surface area contributed by atoms with Crippen LogP contribution in [0, 0.1) is 62.1 Å². The molecule has 3 N–H and O–H groups in total. The van der Waals surface area contributed by atoms with E-state index in [1.807, 2.05) is 13.8 Å². The van der Waals surface area contributed by atoms with Crippen LogP contribution in [0.3, 0.4) is 0 Å². The van der Waals surface area contributed by atoms with Crippen molar-refractivity contribution in [2.75, 3.05) is 13.2 Å². The van der Waals surface area contributed by atoms with Gasteiger partial charge in [0.2, 0.25) is 0 Å². The molecule has 0 aromatic rings. The Bertz CT molecular complexity index is 1270. The number of aliphatic carboxylic acids is 1. The molecule has 5 rings (SSSR count). The van der Waals surface area contributed by atoms with Gasteiger partial charge >= 0.3 is 11.9 Å². The largest absolute Gasteiger partial charge is 0.481 e. The standard InChI is InChI=1S/C43H73NO5/c1-28(2)29-15-21-43(18-12-24-44-38(5,6)27-45)23-22-41(10)30(36(29)43)13-14-32-40(9)19-17-33(39(7,8)31(40)16-20-42(32,41)11)49-35(48)26-37(3,4)25-34(46)47/h29-33,36,44-45H,1,12-27H2,2-11H3,(H,46,47)/t29-,30+,31-,32+,33-,36+,40-,41+,42+,43+/m0/s1. The molecule has 0 aromatic heterocycles. The fraction of sp³-hybridized carbons (Fsp3) is 0.907. The van der Waals surface area contributed by atoms with Crippen molar-refractivity contribution < 1.29 is 24.5 Å². The van der Waals surface area contributed by atoms with E-state index in [1.165, 1.54) is 69.8 Å². The summed E-state index contributed by atoms with van der Waals surface area (Å²) in [6.07, 6.45) is 14.8. The lowest BCUT2D eigenvalue weighted by molar-refractivity contribution is -0.250. The van der Waals surface area contributed by atoms with Crippen molar-refractivity contribution in [3.05, 3.63) is 12.2 Å². The summed E-state index contributed by atoms with van der Waals surface area (Å²) in [5.74, 6) is 2.11. The molecule has 5 fully saturated rings. The van der Waals surface area contributed by atoms with Crippen LogP contribution in [0.2, 0.25) is 0 Å². The monoisotopic (exact) mass is 684 g/mol. The lowest BCUT2D eigenvalue weighted by Crippen LogP contribution is -2.66. The van der Waals surface area contributed by atoms with Gasteiger partial charge in [0, 0.05) is 11.0 Å². The molecule has 6 heteroatoms. The van der Waals surface area contributed by atoms with Gasteiger partial charge in [0.1, 0.15) is 6.10 Å². The van der Waals surface area contributed by atoms with E-state index in [0.717, 1.165) is 31.2 Å². The van der Waals surface area contributed by atoms with Crippen LogP contribution in [0.5, 0.6) is 0 Å². The first kappa shape index (κ1) is 38.8. The fourth-order valence-electron chi connectivity index (χ4n) is 13.9. The molecular formula is C43H73NO5. The second-order valence-corrected chi connectivity index (χ2v) is 20.9. The van der Waals surface area contributed by atoms with E-state index >= 15 is 0 Å². The first-order chi connectivity index (χ1) is 22.6. The lowest BCUT2D eigenvalue weighted by atomic mass is 9.32. The Labute approximate surface area is 299 Å². The molecule has 5 aliphatic carbocycles. The summed E-state index contributed by atoms with van der Waals surface area (Å²) >= 11 is 0. The Kier molecular flexibility index (Phi) is 10.5. The van der Waals surface area contributed by atoms with Gasteiger partial charge in [0.15, 0.2) is 0 Å². The first-order valence-electron chi connectivity index (χ1n) is 20.0. The van der Waals surface area contributed by atoms with Crippen molar-refractivity contribution in [1.82, 2.24) is 5.32 Å². The van der Waals surface area contributed by atoms with Crippen molar-refractivity contribution in [3.63, 3.8) is 0 Å². The zero-order valence-electron chi connectivity index (χ0n) is 33.1. The molecule has 0 amide bonds. The van der Waals surface area contributed by atoms with Crippen LogP contribution in [0.15, 0.2) is 12.2 Å². The topological polar surface area (TPSA) is 95.9 Å². The first-order valence-corrected chi connectivity index (χ1v) is 20.0. The van der Waals surface area contributed by atoms with E-state index in [-0.39, 0.29) is 53.3 Å². The summed E-state index contributed by atoms with van der Waals surface area (Å²) < 4.78 is 6.29. The number of aliphatic hydroxyl groups is 1. The number of fused-ring (bicyclic) bond motifs is 7. The summed E-state index contributed by atoms with van der Waals surface area (Å²) in [4.78, 5) is 24.6. The zero-order valence-corrected chi connectivity index (χ0v) is 33.1. The van der Waals surface area contributed by atoms with Crippen LogP contribution in [0.1, 0.15) is 159 Å². The Hall–Kier alpha value is -1.40. The van der Waals surface area contributed by atoms with Crippen LogP contribution in [-0.2, 0) is 14.3 Å². The molecule has 0 spiro atoms. The SMILES string of the molecule is C=C(C)[C@@H]1CC[C@]2(CCCNC(C)(C)CO)CC[C@]3(C)[C@H](CC[C@@H]4[C@@]5(C)CC[C@H](OC(=O)CC(C)(C)CC(=O)O)C(C)(C)[C@@H]5CC[C@]43C)[C@@H]12. The highest BCUT2D eigenvalue weighted by atomic mass is 16.5. The molecule has 0 unspecified atom stereocenters. The molecule has 0 bridgehead atoms. The van der Waals surface area contributed by atoms with Crippen molar-refractivity contribution in [2.24, 2.45) is 62.1 Å². The summed E-state index contributed by atoms with van der Waals surface area (Å²) in [6, 6.07) is 0. The van der Waals surface area contributed by atoms with Crippen molar-refractivity contribution in [3.8, 4) is 0 Å². The average molecular weight is 684 g/mol. The maximum Gasteiger partial charge on any atom is 0.306 e. The number of nitrogens with one attached hydrogen (secondary N) is 1. The highest BCUT2D eigenvalue weighted by Gasteiger charge is 2.71. The van der Waals surface area contributed by atoms with E-state index in [0.29, 0.717) is 28.6 Å². The Morgan fingerprint density at radius 1 is 0.857 bits per heavy atom. The smallest absolute Gasteiger partial charge is 0.306 e. The Balaban J connectivity index is 1.35. The number of carbonyl (C=O) groups is 2. The number of ether oxygens (including phenoxy) is 1. The second-order valence-electron chi connectivity index (χ2n) is 20.9. The Morgan fingerprint density at radius 2 is 1.55 bits per heavy atom. The van der Waals surface area contributed by atoms with E-state index in [4.69, 9.17) is 4.74 Å². The van der Waals surface area contributed by atoms with Crippen LogP contribution >= 0.6 is 0 Å². The predicted molar refractivity (Wildman–Crippen MR) is 198 cm³/mol. The van der Waals surface area contributed by atoms with E-state index < -0.39 is 11.4 Å². The third-order valence-corrected chi connectivity index (χ3v) is 16.6. The number of hydrogen-bond acceptors (Lipinski definition) is 5. The average Bonchev–Trinajstić information content (AvgIpc) is 3.36. The van der Waals surface area contributed by atoms with Gasteiger partial charge in [-0.1, -0.05) is 60.6 Å². The van der Waals surface area contributed by atoms with Crippen LogP contribution in [0.25, 0.3) is 0 Å². The van der Waals surface area contributed by atoms with Gasteiger partial charge in [-0.15, -0.1) is 0 Å².